The van der Waals surface area contributed by atoms with Gasteiger partial charge in [-0.3, -0.25) is 4.79 Å². The number of aryl methyl sites for hydroxylation is 2. The number of hydrogen-bond acceptors (Lipinski definition) is 4. The summed E-state index contributed by atoms with van der Waals surface area (Å²) >= 11 is 3.48. The third kappa shape index (κ3) is 4.56. The second kappa shape index (κ2) is 8.56. The van der Waals surface area contributed by atoms with Crippen molar-refractivity contribution in [2.45, 2.75) is 13.8 Å². The standard InChI is InChI=1S/C20H23BrN2O3/c1-14-4-3-5-15(2)20(14)26-13-19(24)22-17-12-16(21)6-7-18(17)23-8-10-25-11-9-23/h3-7,12H,8-11,13H2,1-2H3,(H,22,24). The Morgan fingerprint density at radius 2 is 1.88 bits per heavy atom. The van der Waals surface area contributed by atoms with E-state index in [2.05, 4.69) is 26.1 Å². The molecule has 0 aliphatic carbocycles. The fourth-order valence-electron chi connectivity index (χ4n) is 3.04. The average molecular weight is 419 g/mol. The summed E-state index contributed by atoms with van der Waals surface area (Å²) in [5.74, 6) is 0.588. The summed E-state index contributed by atoms with van der Waals surface area (Å²) in [6, 6.07) is 11.8. The van der Waals surface area contributed by atoms with E-state index in [0.29, 0.717) is 13.2 Å². The van der Waals surface area contributed by atoms with Crippen LogP contribution >= 0.6 is 15.9 Å². The summed E-state index contributed by atoms with van der Waals surface area (Å²) in [7, 11) is 0. The number of nitrogens with zero attached hydrogens (tertiary/aromatic N) is 1. The van der Waals surface area contributed by atoms with Crippen molar-refractivity contribution in [2.24, 2.45) is 0 Å². The molecular weight excluding hydrogens is 396 g/mol. The molecule has 138 valence electrons. The Bertz CT molecular complexity index is 768. The number of nitrogens with one attached hydrogen (secondary N) is 1. The van der Waals surface area contributed by atoms with Crippen molar-refractivity contribution in [1.29, 1.82) is 0 Å². The first-order valence-corrected chi connectivity index (χ1v) is 9.45. The molecule has 1 aliphatic heterocycles. The molecule has 0 atom stereocenters. The van der Waals surface area contributed by atoms with Crippen molar-refractivity contribution < 1.29 is 14.3 Å². The van der Waals surface area contributed by atoms with E-state index < -0.39 is 0 Å². The number of hydrogen-bond donors (Lipinski definition) is 1. The number of para-hydroxylation sites is 1. The topological polar surface area (TPSA) is 50.8 Å². The summed E-state index contributed by atoms with van der Waals surface area (Å²) in [5.41, 5.74) is 3.82. The van der Waals surface area contributed by atoms with Crippen LogP contribution in [0.5, 0.6) is 5.75 Å². The fourth-order valence-corrected chi connectivity index (χ4v) is 3.40. The molecule has 3 rings (SSSR count). The molecule has 5 nitrogen and oxygen atoms in total. The number of ether oxygens (including phenoxy) is 2. The number of anilines is 2. The van der Waals surface area contributed by atoms with Gasteiger partial charge < -0.3 is 19.7 Å². The number of rotatable bonds is 5. The first-order valence-electron chi connectivity index (χ1n) is 8.65. The van der Waals surface area contributed by atoms with E-state index >= 15 is 0 Å². The normalized spacial score (nSPS) is 14.2. The molecule has 1 saturated heterocycles. The minimum absolute atomic E-state index is 0.0270. The first-order chi connectivity index (χ1) is 12.5. The predicted molar refractivity (Wildman–Crippen MR) is 107 cm³/mol. The van der Waals surface area contributed by atoms with Crippen LogP contribution in [0.25, 0.3) is 0 Å². The minimum atomic E-state index is -0.180. The van der Waals surface area contributed by atoms with Gasteiger partial charge in [0.05, 0.1) is 24.6 Å². The van der Waals surface area contributed by atoms with Crippen molar-refractivity contribution in [3.63, 3.8) is 0 Å². The fraction of sp³-hybridized carbons (Fsp3) is 0.350. The maximum absolute atomic E-state index is 12.5. The Labute approximate surface area is 162 Å². The molecule has 0 unspecified atom stereocenters. The lowest BCUT2D eigenvalue weighted by Gasteiger charge is -2.30. The van der Waals surface area contributed by atoms with E-state index in [4.69, 9.17) is 9.47 Å². The smallest absolute Gasteiger partial charge is 0.262 e. The molecule has 1 fully saturated rings. The van der Waals surface area contributed by atoms with Gasteiger partial charge in [0.15, 0.2) is 6.61 Å². The number of morpholine rings is 1. The van der Waals surface area contributed by atoms with E-state index in [1.54, 1.807) is 0 Å². The summed E-state index contributed by atoms with van der Waals surface area (Å²) in [6.45, 7) is 6.93. The highest BCUT2D eigenvalue weighted by Crippen LogP contribution is 2.30. The zero-order valence-corrected chi connectivity index (χ0v) is 16.6. The molecule has 0 spiro atoms. The molecule has 1 N–H and O–H groups in total. The molecule has 26 heavy (non-hydrogen) atoms. The van der Waals surface area contributed by atoms with Crippen molar-refractivity contribution in [2.75, 3.05) is 43.1 Å². The lowest BCUT2D eigenvalue weighted by molar-refractivity contribution is -0.118. The van der Waals surface area contributed by atoms with Gasteiger partial charge in [0.1, 0.15) is 5.75 Å². The Kier molecular flexibility index (Phi) is 6.16. The van der Waals surface area contributed by atoms with Crippen LogP contribution in [-0.2, 0) is 9.53 Å². The third-order valence-electron chi connectivity index (χ3n) is 4.34. The molecule has 0 radical (unpaired) electrons. The molecule has 2 aromatic rings. The van der Waals surface area contributed by atoms with E-state index in [1.807, 2.05) is 50.2 Å². The quantitative estimate of drug-likeness (QED) is 0.799. The van der Waals surface area contributed by atoms with Crippen LogP contribution in [0.3, 0.4) is 0 Å². The van der Waals surface area contributed by atoms with Gasteiger partial charge in [-0.15, -0.1) is 0 Å². The van der Waals surface area contributed by atoms with Gasteiger partial charge in [0.25, 0.3) is 5.91 Å². The zero-order chi connectivity index (χ0) is 18.5. The lowest BCUT2D eigenvalue weighted by Crippen LogP contribution is -2.37. The van der Waals surface area contributed by atoms with E-state index in [0.717, 1.165) is 45.8 Å². The monoisotopic (exact) mass is 418 g/mol. The average Bonchev–Trinajstić information content (AvgIpc) is 2.62. The number of benzene rings is 2. The van der Waals surface area contributed by atoms with Crippen molar-refractivity contribution in [3.05, 3.63) is 52.0 Å². The molecule has 1 amide bonds. The lowest BCUT2D eigenvalue weighted by atomic mass is 10.1. The van der Waals surface area contributed by atoms with Crippen molar-refractivity contribution in [1.82, 2.24) is 0 Å². The van der Waals surface area contributed by atoms with Crippen LogP contribution in [0.2, 0.25) is 0 Å². The SMILES string of the molecule is Cc1cccc(C)c1OCC(=O)Nc1cc(Br)ccc1N1CCOCC1. The predicted octanol–water partition coefficient (Wildman–Crippen LogP) is 3.92. The highest BCUT2D eigenvalue weighted by atomic mass is 79.9. The van der Waals surface area contributed by atoms with Crippen LogP contribution in [0, 0.1) is 13.8 Å². The Morgan fingerprint density at radius 3 is 2.58 bits per heavy atom. The number of amides is 1. The van der Waals surface area contributed by atoms with Crippen LogP contribution in [0.15, 0.2) is 40.9 Å². The minimum Gasteiger partial charge on any atom is -0.483 e. The van der Waals surface area contributed by atoms with Gasteiger partial charge in [-0.05, 0) is 43.2 Å². The Hall–Kier alpha value is -2.05. The van der Waals surface area contributed by atoms with Gasteiger partial charge in [-0.25, -0.2) is 0 Å². The maximum atomic E-state index is 12.5. The van der Waals surface area contributed by atoms with Crippen LogP contribution in [-0.4, -0.2) is 38.8 Å². The number of halogens is 1. The second-order valence-electron chi connectivity index (χ2n) is 6.32. The van der Waals surface area contributed by atoms with Gasteiger partial charge in [0.2, 0.25) is 0 Å². The number of carbonyl (C=O) groups excluding carboxylic acids is 1. The molecule has 6 heteroatoms. The summed E-state index contributed by atoms with van der Waals surface area (Å²) in [5, 5.41) is 2.98. The second-order valence-corrected chi connectivity index (χ2v) is 7.23. The number of carbonyl (C=O) groups is 1. The van der Waals surface area contributed by atoms with Gasteiger partial charge in [-0.2, -0.15) is 0 Å². The first kappa shape index (κ1) is 18.7. The Morgan fingerprint density at radius 1 is 1.19 bits per heavy atom. The highest BCUT2D eigenvalue weighted by molar-refractivity contribution is 9.10. The van der Waals surface area contributed by atoms with Crippen LogP contribution < -0.4 is 15.0 Å². The van der Waals surface area contributed by atoms with Crippen molar-refractivity contribution in [3.8, 4) is 5.75 Å². The van der Waals surface area contributed by atoms with Crippen molar-refractivity contribution >= 4 is 33.2 Å². The maximum Gasteiger partial charge on any atom is 0.262 e. The van der Waals surface area contributed by atoms with Gasteiger partial charge in [0, 0.05) is 17.6 Å². The molecule has 0 saturated carbocycles. The zero-order valence-electron chi connectivity index (χ0n) is 15.0. The summed E-state index contributed by atoms with van der Waals surface area (Å²) < 4.78 is 12.1. The highest BCUT2D eigenvalue weighted by Gasteiger charge is 2.17. The molecule has 0 bridgehead atoms. The summed E-state index contributed by atoms with van der Waals surface area (Å²) in [4.78, 5) is 14.7. The molecule has 2 aromatic carbocycles. The van der Waals surface area contributed by atoms with Gasteiger partial charge in [-0.1, -0.05) is 34.1 Å². The van der Waals surface area contributed by atoms with E-state index in [9.17, 15) is 4.79 Å². The largest absolute Gasteiger partial charge is 0.483 e. The van der Waals surface area contributed by atoms with E-state index in [1.165, 1.54) is 0 Å². The third-order valence-corrected chi connectivity index (χ3v) is 4.83. The van der Waals surface area contributed by atoms with E-state index in [-0.39, 0.29) is 12.5 Å². The molecule has 1 heterocycles. The molecule has 0 aromatic heterocycles. The molecular formula is C20H23BrN2O3. The summed E-state index contributed by atoms with van der Waals surface area (Å²) in [6.07, 6.45) is 0. The van der Waals surface area contributed by atoms with Crippen LogP contribution in [0.1, 0.15) is 11.1 Å². The molecule has 1 aliphatic rings. The Balaban J connectivity index is 1.69. The van der Waals surface area contributed by atoms with Gasteiger partial charge >= 0.3 is 0 Å². The van der Waals surface area contributed by atoms with Crippen LogP contribution in [0.4, 0.5) is 11.4 Å².